The third kappa shape index (κ3) is 8.49. The number of nitrogens with zero attached hydrogens (tertiary/aromatic N) is 2. The number of Topliss-reactive ketones (excluding diaryl/α,β-unsaturated/α-hetero) is 1. The number of H-pyrrole nitrogens is 1. The highest BCUT2D eigenvalue weighted by Gasteiger charge is 2.06. The molecule has 50 heavy (non-hydrogen) atoms. The number of fused-ring (bicyclic) bond motifs is 3. The minimum atomic E-state index is -0.218. The van der Waals surface area contributed by atoms with Gasteiger partial charge in [0.25, 0.3) is 0 Å². The Hall–Kier alpha value is -6.52. The van der Waals surface area contributed by atoms with Gasteiger partial charge in [-0.2, -0.15) is 0 Å². The van der Waals surface area contributed by atoms with Gasteiger partial charge in [-0.05, 0) is 49.4 Å². The number of aromatic nitrogens is 3. The first kappa shape index (κ1) is 36.3. The third-order valence-corrected chi connectivity index (χ3v) is 7.82. The maximum atomic E-state index is 11.7. The van der Waals surface area contributed by atoms with Gasteiger partial charge >= 0.3 is 0 Å². The summed E-state index contributed by atoms with van der Waals surface area (Å²) in [6.07, 6.45) is 6.33. The van der Waals surface area contributed by atoms with Gasteiger partial charge in [-0.1, -0.05) is 66.2 Å². The van der Waals surface area contributed by atoms with Crippen molar-refractivity contribution < 1.29 is 19.2 Å². The molecule has 0 bridgehead atoms. The predicted octanol–water partition coefficient (Wildman–Crippen LogP) is 6.86. The Morgan fingerprint density at radius 1 is 0.740 bits per heavy atom. The fraction of sp³-hybridized carbons (Fsp3) is 0.0513. The molecule has 0 atom stereocenters. The first-order chi connectivity index (χ1) is 24.1. The molecule has 250 valence electrons. The Morgan fingerprint density at radius 3 is 1.94 bits per heavy atom. The van der Waals surface area contributed by atoms with Crippen LogP contribution in [-0.2, 0) is 7.05 Å². The normalized spacial score (nSPS) is 10.1. The van der Waals surface area contributed by atoms with Crippen LogP contribution in [0.2, 0.25) is 5.02 Å². The predicted molar refractivity (Wildman–Crippen MR) is 198 cm³/mol. The number of carbonyl (C=O) groups excluding carboxylic acids is 4. The number of halogens is 1. The molecule has 11 heteroatoms. The van der Waals surface area contributed by atoms with Crippen molar-refractivity contribution in [2.45, 2.75) is 6.92 Å². The van der Waals surface area contributed by atoms with E-state index in [0.717, 1.165) is 21.9 Å². The molecule has 0 saturated carbocycles. The average Bonchev–Trinajstić information content (AvgIpc) is 3.14. The molecule has 4 aromatic carbocycles. The Morgan fingerprint density at radius 2 is 1.30 bits per heavy atom. The molecule has 10 nitrogen and oxygen atoms in total. The van der Waals surface area contributed by atoms with Crippen molar-refractivity contribution in [1.82, 2.24) is 14.5 Å². The van der Waals surface area contributed by atoms with E-state index in [1.807, 2.05) is 55.6 Å². The first-order valence-electron chi connectivity index (χ1n) is 15.0. The van der Waals surface area contributed by atoms with Crippen molar-refractivity contribution in [3.63, 3.8) is 0 Å². The molecule has 3 N–H and O–H groups in total. The van der Waals surface area contributed by atoms with E-state index < -0.39 is 0 Å². The number of aldehydes is 3. The summed E-state index contributed by atoms with van der Waals surface area (Å²) < 4.78 is 1.78. The molecule has 0 spiro atoms. The summed E-state index contributed by atoms with van der Waals surface area (Å²) in [5, 5.41) is 2.42. The SMILES string of the molecule is CC(=O)c1ccccc1N.Cn1cc(C=O)c(=O)c2ccccc21.O=Cc1c[nH]c2ccccc2c1=O.O=Cc1cnc2ccccc2c1Cl. The summed E-state index contributed by atoms with van der Waals surface area (Å²) in [5.41, 5.74) is 9.42. The van der Waals surface area contributed by atoms with Crippen molar-refractivity contribution in [1.29, 1.82) is 0 Å². The number of carbonyl (C=O) groups is 4. The van der Waals surface area contributed by atoms with Gasteiger partial charge in [0.1, 0.15) is 0 Å². The second-order valence-electron chi connectivity index (χ2n) is 10.7. The Labute approximate surface area is 290 Å². The quantitative estimate of drug-likeness (QED) is 0.115. The lowest BCUT2D eigenvalue weighted by Gasteiger charge is -2.04. The number of hydrogen-bond donors (Lipinski definition) is 2. The van der Waals surface area contributed by atoms with Crippen molar-refractivity contribution in [2.75, 3.05) is 5.73 Å². The summed E-state index contributed by atoms with van der Waals surface area (Å²) in [7, 11) is 1.81. The molecule has 7 rings (SSSR count). The number of anilines is 1. The van der Waals surface area contributed by atoms with E-state index in [4.69, 9.17) is 17.3 Å². The molecular weight excluding hydrogens is 656 g/mol. The molecule has 7 aromatic rings. The fourth-order valence-electron chi connectivity index (χ4n) is 4.84. The molecule has 0 fully saturated rings. The van der Waals surface area contributed by atoms with Crippen LogP contribution in [-0.4, -0.2) is 39.2 Å². The monoisotopic (exact) mass is 686 g/mol. The zero-order valence-electron chi connectivity index (χ0n) is 27.0. The minimum Gasteiger partial charge on any atom is -0.398 e. The van der Waals surface area contributed by atoms with E-state index in [1.54, 1.807) is 59.3 Å². The number of ketones is 1. The van der Waals surface area contributed by atoms with E-state index in [9.17, 15) is 28.8 Å². The standard InChI is InChI=1S/C11H9NO2.C10H6ClNO.C10H7NO2.C8H9NO/c1-12-6-8(7-13)11(14)9-4-2-3-5-10(9)12;11-10-7(6-13)5-12-9-4-2-1-3-8(9)10;12-6-7-5-11-9-4-2-1-3-8(9)10(7)13;1-6(10)7-4-2-3-5-8(7)9/h2-7H,1H3;1-6H;1-6H,(H,11,13);2-5H,9H2,1H3. The van der Waals surface area contributed by atoms with Crippen LogP contribution in [0, 0.1) is 0 Å². The van der Waals surface area contributed by atoms with Gasteiger partial charge in [-0.15, -0.1) is 0 Å². The van der Waals surface area contributed by atoms with Crippen LogP contribution < -0.4 is 16.6 Å². The van der Waals surface area contributed by atoms with Gasteiger partial charge in [0.15, 0.2) is 35.5 Å². The van der Waals surface area contributed by atoms with Gasteiger partial charge in [-0.25, -0.2) is 0 Å². The number of rotatable bonds is 4. The van der Waals surface area contributed by atoms with Crippen molar-refractivity contribution >= 4 is 74.6 Å². The number of hydrogen-bond acceptors (Lipinski definition) is 8. The number of para-hydroxylation sites is 4. The molecule has 3 heterocycles. The smallest absolute Gasteiger partial charge is 0.199 e. The van der Waals surface area contributed by atoms with Crippen LogP contribution in [0.1, 0.15) is 48.4 Å². The van der Waals surface area contributed by atoms with Crippen molar-refractivity contribution in [2.24, 2.45) is 7.05 Å². The summed E-state index contributed by atoms with van der Waals surface area (Å²) in [6, 6.07) is 28.8. The lowest BCUT2D eigenvalue weighted by Crippen LogP contribution is -2.12. The van der Waals surface area contributed by atoms with Crippen LogP contribution in [0.3, 0.4) is 0 Å². The number of aryl methyl sites for hydroxylation is 1. The number of aromatic amines is 1. The van der Waals surface area contributed by atoms with Crippen molar-refractivity contribution in [3.8, 4) is 0 Å². The number of nitrogens with one attached hydrogen (secondary N) is 1. The van der Waals surface area contributed by atoms with E-state index >= 15 is 0 Å². The van der Waals surface area contributed by atoms with Gasteiger partial charge in [0, 0.05) is 58.6 Å². The second kappa shape index (κ2) is 17.0. The number of nitrogen functional groups attached to an aromatic ring is 1. The number of pyridine rings is 3. The van der Waals surface area contributed by atoms with E-state index in [1.165, 1.54) is 19.3 Å². The highest BCUT2D eigenvalue weighted by atomic mass is 35.5. The van der Waals surface area contributed by atoms with E-state index in [2.05, 4.69) is 9.97 Å². The molecule has 0 unspecified atom stereocenters. The zero-order valence-corrected chi connectivity index (χ0v) is 27.8. The highest BCUT2D eigenvalue weighted by molar-refractivity contribution is 6.37. The maximum Gasteiger partial charge on any atom is 0.199 e. The summed E-state index contributed by atoms with van der Waals surface area (Å²) in [5.74, 6) is 0.0121. The third-order valence-electron chi connectivity index (χ3n) is 7.40. The van der Waals surface area contributed by atoms with Gasteiger partial charge < -0.3 is 15.3 Å². The molecule has 3 aromatic heterocycles. The molecule has 0 aliphatic carbocycles. The molecule has 0 radical (unpaired) electrons. The fourth-order valence-corrected chi connectivity index (χ4v) is 5.10. The molecule has 0 saturated heterocycles. The molecule has 0 aliphatic rings. The second-order valence-corrected chi connectivity index (χ2v) is 11.1. The highest BCUT2D eigenvalue weighted by Crippen LogP contribution is 2.24. The van der Waals surface area contributed by atoms with Gasteiger partial charge in [0.2, 0.25) is 0 Å². The largest absolute Gasteiger partial charge is 0.398 e. The zero-order chi connectivity index (χ0) is 36.2. The van der Waals surface area contributed by atoms with Crippen LogP contribution >= 0.6 is 11.6 Å². The Bertz CT molecular complexity index is 2470. The summed E-state index contributed by atoms with van der Waals surface area (Å²) >= 11 is 5.97. The lowest BCUT2D eigenvalue weighted by atomic mass is 10.1. The number of nitrogens with two attached hydrogens (primary N) is 1. The first-order valence-corrected chi connectivity index (χ1v) is 15.4. The molecule has 0 aliphatic heterocycles. The average molecular weight is 687 g/mol. The Kier molecular flexibility index (Phi) is 12.4. The molecule has 0 amide bonds. The van der Waals surface area contributed by atoms with Crippen LogP contribution in [0.15, 0.2) is 125 Å². The molecular formula is C39H31ClN4O6. The summed E-state index contributed by atoms with van der Waals surface area (Å²) in [4.78, 5) is 72.5. The van der Waals surface area contributed by atoms with E-state index in [0.29, 0.717) is 51.5 Å². The van der Waals surface area contributed by atoms with E-state index in [-0.39, 0.29) is 27.8 Å². The number of benzene rings is 4. The maximum absolute atomic E-state index is 11.7. The van der Waals surface area contributed by atoms with Gasteiger partial charge in [0.05, 0.1) is 32.7 Å². The van der Waals surface area contributed by atoms with Gasteiger partial charge in [-0.3, -0.25) is 33.8 Å². The topological polar surface area (TPSA) is 162 Å². The lowest BCUT2D eigenvalue weighted by molar-refractivity contribution is 0.101. The summed E-state index contributed by atoms with van der Waals surface area (Å²) in [6.45, 7) is 1.51. The minimum absolute atomic E-state index is 0.0121. The van der Waals surface area contributed by atoms with Crippen LogP contribution in [0.5, 0.6) is 0 Å². The van der Waals surface area contributed by atoms with Crippen LogP contribution in [0.4, 0.5) is 5.69 Å². The van der Waals surface area contributed by atoms with Crippen molar-refractivity contribution in [3.05, 3.63) is 163 Å². The van der Waals surface area contributed by atoms with Crippen LogP contribution in [0.25, 0.3) is 32.7 Å². The Balaban J connectivity index is 0.000000151.